The van der Waals surface area contributed by atoms with Crippen LogP contribution < -0.4 is 9.47 Å². The van der Waals surface area contributed by atoms with Gasteiger partial charge >= 0.3 is 18.5 Å². The maximum absolute atomic E-state index is 14.5. The third-order valence-electron chi connectivity index (χ3n) is 9.30. The Morgan fingerprint density at radius 3 is 1.30 bits per heavy atom. The van der Waals surface area contributed by atoms with E-state index in [-0.39, 0.29) is 59.1 Å². The second-order valence-corrected chi connectivity index (χ2v) is 13.3. The van der Waals surface area contributed by atoms with Crippen molar-refractivity contribution in [3.63, 3.8) is 0 Å². The monoisotopic (exact) mass is 764 g/mol. The second-order valence-electron chi connectivity index (χ2n) is 13.3. The van der Waals surface area contributed by atoms with Crippen LogP contribution in [0, 0.1) is 0 Å². The number of nitrogens with zero attached hydrogens (tertiary/aromatic N) is 2. The fourth-order valence-electron chi connectivity index (χ4n) is 6.53. The summed E-state index contributed by atoms with van der Waals surface area (Å²) < 4.78 is 32.6. The minimum absolute atomic E-state index is 0.0827. The van der Waals surface area contributed by atoms with E-state index in [1.54, 1.807) is 0 Å². The van der Waals surface area contributed by atoms with Crippen LogP contribution in [-0.4, -0.2) is 64.8 Å². The standard InChI is InChI=1S/C41H36N2O13/c1-7-51-37(48)53-29-19-23(21(3)4)13-15-27(29)40(33(44)25-11-9-17-42-31(25)35(40)46)55-39(50)56-41(34(45)26-12-10-18-43-32(26)36(41)47)28-16-14-24(22(5)6)20-30(28)54-38(49)52-8-2/h9-22H,7-8H2,1-6H3. The molecule has 0 saturated carbocycles. The third-order valence-corrected chi connectivity index (χ3v) is 9.30. The lowest BCUT2D eigenvalue weighted by Gasteiger charge is -2.31. The molecule has 2 aromatic carbocycles. The van der Waals surface area contributed by atoms with Gasteiger partial charge in [-0.3, -0.25) is 29.1 Å². The van der Waals surface area contributed by atoms with Crippen LogP contribution in [0.25, 0.3) is 0 Å². The number of carbonyl (C=O) groups is 7. The van der Waals surface area contributed by atoms with Crippen molar-refractivity contribution in [3.05, 3.63) is 118 Å². The summed E-state index contributed by atoms with van der Waals surface area (Å²) in [6.45, 7) is 10.3. The molecule has 2 heterocycles. The van der Waals surface area contributed by atoms with Crippen LogP contribution in [-0.2, 0) is 30.1 Å². The summed E-state index contributed by atoms with van der Waals surface area (Å²) in [7, 11) is 0. The van der Waals surface area contributed by atoms with Crippen LogP contribution in [0.1, 0.15) is 117 Å². The lowest BCUT2D eigenvalue weighted by molar-refractivity contribution is -0.0454. The number of ketones is 4. The summed E-state index contributed by atoms with van der Waals surface area (Å²) in [6.07, 6.45) is -1.74. The summed E-state index contributed by atoms with van der Waals surface area (Å²) in [4.78, 5) is 106. The highest BCUT2D eigenvalue weighted by Crippen LogP contribution is 2.48. The Hall–Kier alpha value is -6.77. The van der Waals surface area contributed by atoms with Gasteiger partial charge in [0.05, 0.1) is 35.5 Å². The lowest BCUT2D eigenvalue weighted by atomic mass is 9.86. The molecule has 2 unspecified atom stereocenters. The Morgan fingerprint density at radius 2 is 0.964 bits per heavy atom. The zero-order chi connectivity index (χ0) is 40.5. The number of Topliss-reactive ketones (excluding diaryl/α,β-unsaturated/α-hetero) is 4. The van der Waals surface area contributed by atoms with Crippen molar-refractivity contribution in [2.75, 3.05) is 13.2 Å². The first-order valence-electron chi connectivity index (χ1n) is 17.7. The van der Waals surface area contributed by atoms with Crippen LogP contribution in [0.2, 0.25) is 0 Å². The average Bonchev–Trinajstić information content (AvgIpc) is 3.51. The summed E-state index contributed by atoms with van der Waals surface area (Å²) in [6, 6.07) is 13.7. The predicted molar refractivity (Wildman–Crippen MR) is 193 cm³/mol. The SMILES string of the molecule is CCOC(=O)Oc1cc(C(C)C)ccc1C1(OC(=O)OC2(c3ccc(C(C)C)cc3OC(=O)OCC)C(=O)c3cccnc3C2=O)C(=O)c2cccnc2C1=O. The maximum atomic E-state index is 14.5. The molecule has 0 radical (unpaired) electrons. The number of pyridine rings is 2. The molecule has 56 heavy (non-hydrogen) atoms. The van der Waals surface area contributed by atoms with Crippen molar-refractivity contribution < 1.29 is 62.0 Å². The van der Waals surface area contributed by atoms with Crippen molar-refractivity contribution in [2.45, 2.75) is 64.6 Å². The van der Waals surface area contributed by atoms with Gasteiger partial charge in [-0.05, 0) is 85.3 Å². The predicted octanol–water partition coefficient (Wildman–Crippen LogP) is 7.20. The molecule has 4 aromatic rings. The molecular formula is C41H36N2O13. The molecule has 0 amide bonds. The molecule has 0 N–H and O–H groups in total. The van der Waals surface area contributed by atoms with Gasteiger partial charge in [0.25, 0.3) is 11.2 Å². The van der Waals surface area contributed by atoms with E-state index in [0.717, 1.165) is 0 Å². The van der Waals surface area contributed by atoms with Crippen LogP contribution >= 0.6 is 0 Å². The number of carbonyl (C=O) groups excluding carboxylic acids is 7. The number of aromatic nitrogens is 2. The summed E-state index contributed by atoms with van der Waals surface area (Å²) in [5.41, 5.74) is -6.78. The van der Waals surface area contributed by atoms with E-state index in [9.17, 15) is 33.6 Å². The molecule has 15 nitrogen and oxygen atoms in total. The van der Waals surface area contributed by atoms with Crippen molar-refractivity contribution in [2.24, 2.45) is 0 Å². The first-order chi connectivity index (χ1) is 26.7. The zero-order valence-electron chi connectivity index (χ0n) is 31.2. The van der Waals surface area contributed by atoms with E-state index in [0.29, 0.717) is 11.1 Å². The number of ether oxygens (including phenoxy) is 6. The molecule has 288 valence electrons. The fourth-order valence-corrected chi connectivity index (χ4v) is 6.53. The largest absolute Gasteiger partial charge is 0.513 e. The Labute approximate surface area is 320 Å². The van der Waals surface area contributed by atoms with Crippen molar-refractivity contribution >= 4 is 41.6 Å². The van der Waals surface area contributed by atoms with E-state index in [1.807, 2.05) is 27.7 Å². The second kappa shape index (κ2) is 15.2. The molecular weight excluding hydrogens is 728 g/mol. The average molecular weight is 765 g/mol. The van der Waals surface area contributed by atoms with Gasteiger partial charge in [-0.15, -0.1) is 0 Å². The van der Waals surface area contributed by atoms with E-state index in [2.05, 4.69) is 9.97 Å². The zero-order valence-corrected chi connectivity index (χ0v) is 31.2. The third kappa shape index (κ3) is 6.44. The highest BCUT2D eigenvalue weighted by Gasteiger charge is 2.64. The maximum Gasteiger partial charge on any atom is 0.513 e. The van der Waals surface area contributed by atoms with Crippen molar-refractivity contribution in [1.29, 1.82) is 0 Å². The Morgan fingerprint density at radius 1 is 0.571 bits per heavy atom. The van der Waals surface area contributed by atoms with Crippen LogP contribution in [0.4, 0.5) is 14.4 Å². The first kappa shape index (κ1) is 38.9. The minimum Gasteiger partial charge on any atom is -0.434 e. The topological polar surface area (TPSA) is 201 Å². The summed E-state index contributed by atoms with van der Waals surface area (Å²) in [5, 5.41) is 0. The number of benzene rings is 2. The lowest BCUT2D eigenvalue weighted by Crippen LogP contribution is -2.48. The minimum atomic E-state index is -2.96. The van der Waals surface area contributed by atoms with Crippen LogP contribution in [0.15, 0.2) is 73.1 Å². The molecule has 0 spiro atoms. The van der Waals surface area contributed by atoms with Crippen LogP contribution in [0.5, 0.6) is 11.5 Å². The van der Waals surface area contributed by atoms with Gasteiger partial charge in [0.1, 0.15) is 22.9 Å². The molecule has 0 bridgehead atoms. The Bertz CT molecular complexity index is 2080. The Balaban J connectivity index is 1.55. The fraction of sp³-hybridized carbons (Fsp3) is 0.293. The van der Waals surface area contributed by atoms with Gasteiger partial charge in [-0.25, -0.2) is 14.4 Å². The quantitative estimate of drug-likeness (QED) is 0.0679. The van der Waals surface area contributed by atoms with E-state index in [1.165, 1.54) is 86.9 Å². The molecule has 15 heteroatoms. The van der Waals surface area contributed by atoms with E-state index >= 15 is 0 Å². The molecule has 2 aliphatic rings. The van der Waals surface area contributed by atoms with Crippen molar-refractivity contribution in [1.82, 2.24) is 9.97 Å². The normalized spacial score (nSPS) is 18.4. The molecule has 0 fully saturated rings. The molecule has 2 aliphatic carbocycles. The molecule has 6 rings (SSSR count). The van der Waals surface area contributed by atoms with Gasteiger partial charge in [-0.2, -0.15) is 0 Å². The first-order valence-corrected chi connectivity index (χ1v) is 17.7. The molecule has 2 atom stereocenters. The summed E-state index contributed by atoms with van der Waals surface area (Å²) in [5.74, 6) is -5.50. The van der Waals surface area contributed by atoms with Gasteiger partial charge in [0.2, 0.25) is 23.1 Å². The van der Waals surface area contributed by atoms with Gasteiger partial charge in [-0.1, -0.05) is 39.8 Å². The van der Waals surface area contributed by atoms with E-state index < -0.39 is 63.9 Å². The molecule has 2 aromatic heterocycles. The number of rotatable bonds is 10. The molecule has 0 aliphatic heterocycles. The van der Waals surface area contributed by atoms with Gasteiger partial charge in [0, 0.05) is 12.4 Å². The van der Waals surface area contributed by atoms with Crippen LogP contribution in [0.3, 0.4) is 0 Å². The van der Waals surface area contributed by atoms with Gasteiger partial charge in [0.15, 0.2) is 0 Å². The summed E-state index contributed by atoms with van der Waals surface area (Å²) >= 11 is 0. The highest BCUT2D eigenvalue weighted by atomic mass is 16.8. The van der Waals surface area contributed by atoms with E-state index in [4.69, 9.17) is 28.4 Å². The highest BCUT2D eigenvalue weighted by molar-refractivity contribution is 6.33. The number of fused-ring (bicyclic) bond motifs is 2. The molecule has 0 saturated heterocycles. The number of hydrogen-bond acceptors (Lipinski definition) is 15. The smallest absolute Gasteiger partial charge is 0.434 e. The number of hydrogen-bond donors (Lipinski definition) is 0. The Kier molecular flexibility index (Phi) is 10.5. The van der Waals surface area contributed by atoms with Gasteiger partial charge < -0.3 is 28.4 Å². The van der Waals surface area contributed by atoms with Crippen molar-refractivity contribution in [3.8, 4) is 11.5 Å².